The third-order valence-corrected chi connectivity index (χ3v) is 4.66. The van der Waals surface area contributed by atoms with E-state index in [1.54, 1.807) is 6.92 Å². The lowest BCUT2D eigenvalue weighted by molar-refractivity contribution is 0.376. The van der Waals surface area contributed by atoms with Gasteiger partial charge in [0.25, 0.3) is 0 Å². The normalized spacial score (nSPS) is 15.4. The lowest BCUT2D eigenvalue weighted by Gasteiger charge is -2.19. The van der Waals surface area contributed by atoms with Crippen LogP contribution in [0, 0.1) is 6.92 Å². The first-order chi connectivity index (χ1) is 11.6. The molecule has 0 atom stereocenters. The van der Waals surface area contributed by atoms with Crippen molar-refractivity contribution >= 4 is 45.9 Å². The summed E-state index contributed by atoms with van der Waals surface area (Å²) in [7, 11) is 0. The van der Waals surface area contributed by atoms with Crippen molar-refractivity contribution < 1.29 is 4.52 Å². The third kappa shape index (κ3) is 5.40. The molecule has 1 aliphatic rings. The van der Waals surface area contributed by atoms with Crippen LogP contribution >= 0.6 is 39.9 Å². The first-order valence-corrected chi connectivity index (χ1v) is 8.98. The molecular formula is C17H23BrIN5O. The van der Waals surface area contributed by atoms with Crippen LogP contribution in [0.2, 0.25) is 0 Å². The fourth-order valence-electron chi connectivity index (χ4n) is 2.68. The summed E-state index contributed by atoms with van der Waals surface area (Å²) in [5.41, 5.74) is 1.58. The molecule has 2 N–H and O–H groups in total. The molecule has 0 radical (unpaired) electrons. The van der Waals surface area contributed by atoms with Crippen molar-refractivity contribution in [3.05, 3.63) is 46.0 Å². The van der Waals surface area contributed by atoms with E-state index in [1.165, 1.54) is 18.4 Å². The molecule has 0 saturated heterocycles. The van der Waals surface area contributed by atoms with Crippen LogP contribution in [0.5, 0.6) is 0 Å². The summed E-state index contributed by atoms with van der Waals surface area (Å²) in [4.78, 5) is 8.70. The number of nitrogens with one attached hydrogen (secondary N) is 2. The van der Waals surface area contributed by atoms with Crippen molar-refractivity contribution in [3.63, 3.8) is 0 Å². The molecule has 25 heavy (non-hydrogen) atoms. The van der Waals surface area contributed by atoms with E-state index in [1.807, 2.05) is 0 Å². The van der Waals surface area contributed by atoms with Crippen molar-refractivity contribution in [1.29, 1.82) is 0 Å². The minimum absolute atomic E-state index is 0. The fraction of sp³-hybridized carbons (Fsp3) is 0.471. The lowest BCUT2D eigenvalue weighted by atomic mass is 9.96. The molecule has 8 heteroatoms. The van der Waals surface area contributed by atoms with Gasteiger partial charge in [-0.25, -0.2) is 4.99 Å². The monoisotopic (exact) mass is 519 g/mol. The number of halogens is 2. The smallest absolute Gasteiger partial charge is 0.248 e. The number of aliphatic imine (C=N–C) groups is 1. The Bertz CT molecular complexity index is 729. The maximum Gasteiger partial charge on any atom is 0.248 e. The number of hydrogen-bond acceptors (Lipinski definition) is 4. The molecule has 0 aliphatic heterocycles. The van der Waals surface area contributed by atoms with E-state index in [0.717, 1.165) is 23.5 Å². The summed E-state index contributed by atoms with van der Waals surface area (Å²) in [6, 6.07) is 8.56. The predicted octanol–water partition coefficient (Wildman–Crippen LogP) is 3.55. The van der Waals surface area contributed by atoms with Gasteiger partial charge in [-0.2, -0.15) is 4.98 Å². The molecule has 0 unspecified atom stereocenters. The maximum absolute atomic E-state index is 5.10. The average Bonchev–Trinajstić information content (AvgIpc) is 3.25. The highest BCUT2D eigenvalue weighted by Crippen LogP contribution is 2.48. The van der Waals surface area contributed by atoms with Gasteiger partial charge in [-0.05, 0) is 44.4 Å². The minimum atomic E-state index is 0. The molecule has 1 aromatic carbocycles. The first-order valence-electron chi connectivity index (χ1n) is 8.19. The second kappa shape index (κ2) is 8.98. The number of aryl methyl sites for hydroxylation is 1. The van der Waals surface area contributed by atoms with E-state index in [9.17, 15) is 0 Å². The van der Waals surface area contributed by atoms with Crippen molar-refractivity contribution in [2.75, 3.05) is 13.1 Å². The Hall–Kier alpha value is -1.16. The highest BCUT2D eigenvalue weighted by atomic mass is 127. The number of guanidine groups is 1. The molecule has 1 saturated carbocycles. The van der Waals surface area contributed by atoms with E-state index in [-0.39, 0.29) is 29.4 Å². The Kier molecular flexibility index (Phi) is 7.24. The maximum atomic E-state index is 5.10. The third-order valence-electron chi connectivity index (χ3n) is 4.17. The standard InChI is InChI=1S/C17H22BrN5O.HI/c1-3-19-16(20-10-15-22-12(2)23-24-15)21-11-17(7-8-17)13-5-4-6-14(18)9-13;/h4-6,9H,3,7-8,10-11H2,1-2H3,(H2,19,20,21);1H. The van der Waals surface area contributed by atoms with Gasteiger partial charge in [-0.1, -0.05) is 33.2 Å². The number of rotatable bonds is 6. The van der Waals surface area contributed by atoms with Gasteiger partial charge in [0.2, 0.25) is 5.89 Å². The Morgan fingerprint density at radius 2 is 2.16 bits per heavy atom. The van der Waals surface area contributed by atoms with Gasteiger partial charge in [-0.15, -0.1) is 24.0 Å². The number of benzene rings is 1. The zero-order valence-corrected chi connectivity index (χ0v) is 18.3. The highest BCUT2D eigenvalue weighted by molar-refractivity contribution is 14.0. The predicted molar refractivity (Wildman–Crippen MR) is 112 cm³/mol. The second-order valence-electron chi connectivity index (χ2n) is 6.07. The minimum Gasteiger partial charge on any atom is -0.357 e. The van der Waals surface area contributed by atoms with Crippen molar-refractivity contribution in [2.24, 2.45) is 4.99 Å². The molecule has 0 spiro atoms. The van der Waals surface area contributed by atoms with Crippen LogP contribution in [0.15, 0.2) is 38.3 Å². The van der Waals surface area contributed by atoms with E-state index < -0.39 is 0 Å². The van der Waals surface area contributed by atoms with Crippen molar-refractivity contribution in [3.8, 4) is 0 Å². The van der Waals surface area contributed by atoms with E-state index >= 15 is 0 Å². The molecule has 0 amide bonds. The van der Waals surface area contributed by atoms with E-state index in [4.69, 9.17) is 4.52 Å². The summed E-state index contributed by atoms with van der Waals surface area (Å²) >= 11 is 3.56. The summed E-state index contributed by atoms with van der Waals surface area (Å²) < 4.78 is 6.23. The number of hydrogen-bond donors (Lipinski definition) is 2. The summed E-state index contributed by atoms with van der Waals surface area (Å²) in [6.07, 6.45) is 2.39. The van der Waals surface area contributed by atoms with Crippen LogP contribution < -0.4 is 10.6 Å². The van der Waals surface area contributed by atoms with Crippen molar-refractivity contribution in [1.82, 2.24) is 20.8 Å². The van der Waals surface area contributed by atoms with Gasteiger partial charge in [0, 0.05) is 23.0 Å². The second-order valence-corrected chi connectivity index (χ2v) is 6.99. The van der Waals surface area contributed by atoms with Gasteiger partial charge < -0.3 is 15.2 Å². The number of nitrogens with zero attached hydrogens (tertiary/aromatic N) is 3. The molecular weight excluding hydrogens is 497 g/mol. The van der Waals surface area contributed by atoms with Gasteiger partial charge in [-0.3, -0.25) is 0 Å². The molecule has 1 fully saturated rings. The SMILES string of the molecule is CCNC(=NCc1nc(C)no1)NCC1(c2cccc(Br)c2)CC1.I. The zero-order chi connectivity index (χ0) is 17.0. The molecule has 3 rings (SSSR count). The molecule has 6 nitrogen and oxygen atoms in total. The average molecular weight is 520 g/mol. The van der Waals surface area contributed by atoms with Gasteiger partial charge in [0.1, 0.15) is 6.54 Å². The van der Waals surface area contributed by atoms with Gasteiger partial charge in [0.15, 0.2) is 11.8 Å². The summed E-state index contributed by atoms with van der Waals surface area (Å²) in [5.74, 6) is 1.93. The quantitative estimate of drug-likeness (QED) is 0.347. The van der Waals surface area contributed by atoms with Gasteiger partial charge >= 0.3 is 0 Å². The lowest BCUT2D eigenvalue weighted by Crippen LogP contribution is -2.41. The summed E-state index contributed by atoms with van der Waals surface area (Å²) in [5, 5.41) is 10.5. The molecule has 1 aromatic heterocycles. The van der Waals surface area contributed by atoms with Gasteiger partial charge in [0.05, 0.1) is 0 Å². The Balaban J connectivity index is 0.00000225. The van der Waals surface area contributed by atoms with Crippen LogP contribution in [-0.4, -0.2) is 29.2 Å². The molecule has 2 aromatic rings. The van der Waals surface area contributed by atoms with Crippen LogP contribution in [0.25, 0.3) is 0 Å². The molecule has 1 heterocycles. The highest BCUT2D eigenvalue weighted by Gasteiger charge is 2.44. The van der Waals surface area contributed by atoms with Crippen LogP contribution in [0.3, 0.4) is 0 Å². The largest absolute Gasteiger partial charge is 0.357 e. The Labute approximate surface area is 173 Å². The van der Waals surface area contributed by atoms with Crippen LogP contribution in [0.4, 0.5) is 0 Å². The fourth-order valence-corrected chi connectivity index (χ4v) is 3.08. The Morgan fingerprint density at radius 3 is 2.76 bits per heavy atom. The van der Waals surface area contributed by atoms with E-state index in [0.29, 0.717) is 18.3 Å². The molecule has 136 valence electrons. The Morgan fingerprint density at radius 1 is 1.36 bits per heavy atom. The van der Waals surface area contributed by atoms with E-state index in [2.05, 4.69) is 72.9 Å². The topological polar surface area (TPSA) is 75.3 Å². The molecule has 0 bridgehead atoms. The zero-order valence-electron chi connectivity index (χ0n) is 14.4. The van der Waals surface area contributed by atoms with Crippen LogP contribution in [-0.2, 0) is 12.0 Å². The first kappa shape index (κ1) is 20.2. The molecule has 1 aliphatic carbocycles. The van der Waals surface area contributed by atoms with Crippen LogP contribution in [0.1, 0.15) is 37.0 Å². The summed E-state index contributed by atoms with van der Waals surface area (Å²) in [6.45, 7) is 5.89. The number of aromatic nitrogens is 2. The van der Waals surface area contributed by atoms with Crippen molar-refractivity contribution in [2.45, 2.75) is 38.6 Å².